The largest absolute Gasteiger partial charge is 0.375 e. The van der Waals surface area contributed by atoms with Crippen molar-refractivity contribution in [3.63, 3.8) is 0 Å². The Morgan fingerprint density at radius 2 is 2.05 bits per heavy atom. The van der Waals surface area contributed by atoms with Crippen LogP contribution in [0.15, 0.2) is 0 Å². The average molecular weight is 268 g/mol. The van der Waals surface area contributed by atoms with Gasteiger partial charge in [-0.2, -0.15) is 0 Å². The third kappa shape index (κ3) is 2.95. The molecule has 2 fully saturated rings. The van der Waals surface area contributed by atoms with E-state index < -0.39 is 0 Å². The summed E-state index contributed by atoms with van der Waals surface area (Å²) >= 11 is 0. The average Bonchev–Trinajstić information content (AvgIpc) is 2.33. The molecule has 110 valence electrons. The number of amides is 1. The van der Waals surface area contributed by atoms with Crippen molar-refractivity contribution >= 4 is 5.91 Å². The molecular weight excluding hydrogens is 240 g/mol. The van der Waals surface area contributed by atoms with Crippen LogP contribution in [0.4, 0.5) is 0 Å². The number of hydrogen-bond acceptors (Lipinski definition) is 3. The van der Waals surface area contributed by atoms with Gasteiger partial charge < -0.3 is 9.64 Å². The van der Waals surface area contributed by atoms with Gasteiger partial charge in [0.05, 0.1) is 18.8 Å². The number of carbonyl (C=O) groups is 1. The highest BCUT2D eigenvalue weighted by atomic mass is 16.5. The van der Waals surface area contributed by atoms with Crippen LogP contribution in [0.25, 0.3) is 0 Å². The molecule has 0 saturated carbocycles. The van der Waals surface area contributed by atoms with Gasteiger partial charge in [-0.15, -0.1) is 0 Å². The molecule has 2 aliphatic rings. The van der Waals surface area contributed by atoms with Gasteiger partial charge in [0.1, 0.15) is 0 Å². The van der Waals surface area contributed by atoms with Crippen LogP contribution in [-0.2, 0) is 9.53 Å². The third-order valence-electron chi connectivity index (χ3n) is 4.40. The zero-order valence-corrected chi connectivity index (χ0v) is 13.0. The minimum atomic E-state index is -0.0488. The lowest BCUT2D eigenvalue weighted by Gasteiger charge is -2.50. The van der Waals surface area contributed by atoms with Crippen LogP contribution < -0.4 is 0 Å². The summed E-state index contributed by atoms with van der Waals surface area (Å²) in [6.45, 7) is 13.1. The fraction of sp³-hybridized carbons (Fsp3) is 0.933. The SMILES string of the molecule is CC(C)N1CCC[C@@H](N2C[C@H](C)OCC2(C)C)C1=O. The van der Waals surface area contributed by atoms with E-state index in [2.05, 4.69) is 39.5 Å². The summed E-state index contributed by atoms with van der Waals surface area (Å²) in [6.07, 6.45) is 2.31. The fourth-order valence-electron chi connectivity index (χ4n) is 3.24. The molecule has 2 atom stereocenters. The Balaban J connectivity index is 2.17. The van der Waals surface area contributed by atoms with Crippen molar-refractivity contribution < 1.29 is 9.53 Å². The molecule has 2 saturated heterocycles. The molecule has 0 aromatic rings. The molecule has 1 amide bonds. The van der Waals surface area contributed by atoms with Gasteiger partial charge >= 0.3 is 0 Å². The second-order valence-electron chi connectivity index (χ2n) is 6.87. The molecular formula is C15H28N2O2. The van der Waals surface area contributed by atoms with Crippen LogP contribution in [0, 0.1) is 0 Å². The van der Waals surface area contributed by atoms with Crippen LogP contribution in [0.3, 0.4) is 0 Å². The number of ether oxygens (including phenoxy) is 1. The van der Waals surface area contributed by atoms with Gasteiger partial charge in [-0.05, 0) is 47.5 Å². The summed E-state index contributed by atoms with van der Waals surface area (Å²) in [5.74, 6) is 0.309. The van der Waals surface area contributed by atoms with Gasteiger partial charge in [0.2, 0.25) is 5.91 Å². The highest BCUT2D eigenvalue weighted by Gasteiger charge is 2.43. The number of piperidine rings is 1. The van der Waals surface area contributed by atoms with E-state index in [1.165, 1.54) is 0 Å². The first-order valence-electron chi connectivity index (χ1n) is 7.52. The summed E-state index contributed by atoms with van der Waals surface area (Å²) < 4.78 is 5.76. The van der Waals surface area contributed by atoms with Gasteiger partial charge in [-0.1, -0.05) is 0 Å². The molecule has 0 radical (unpaired) electrons. The summed E-state index contributed by atoms with van der Waals surface area (Å²) in [5, 5.41) is 0. The Kier molecular flexibility index (Phi) is 4.21. The Morgan fingerprint density at radius 3 is 2.68 bits per heavy atom. The van der Waals surface area contributed by atoms with E-state index in [1.54, 1.807) is 0 Å². The Morgan fingerprint density at radius 1 is 1.37 bits per heavy atom. The van der Waals surface area contributed by atoms with Crippen molar-refractivity contribution in [3.05, 3.63) is 0 Å². The van der Waals surface area contributed by atoms with Crippen LogP contribution in [0.2, 0.25) is 0 Å². The standard InChI is InChI=1S/C15H28N2O2/c1-11(2)16-8-6-7-13(14(16)18)17-9-12(3)19-10-15(17,4)5/h11-13H,6-10H2,1-5H3/t12-,13+/m0/s1. The second-order valence-corrected chi connectivity index (χ2v) is 6.87. The monoisotopic (exact) mass is 268 g/mol. The van der Waals surface area contributed by atoms with E-state index in [-0.39, 0.29) is 17.7 Å². The zero-order valence-electron chi connectivity index (χ0n) is 13.0. The summed E-state index contributed by atoms with van der Waals surface area (Å²) in [5.41, 5.74) is -0.0488. The van der Waals surface area contributed by atoms with E-state index in [1.807, 2.05) is 4.90 Å². The van der Waals surface area contributed by atoms with Gasteiger partial charge in [-0.25, -0.2) is 0 Å². The van der Waals surface area contributed by atoms with Gasteiger partial charge in [-0.3, -0.25) is 9.69 Å². The number of nitrogens with zero attached hydrogens (tertiary/aromatic N) is 2. The second kappa shape index (κ2) is 5.41. The molecule has 4 heteroatoms. The van der Waals surface area contributed by atoms with E-state index >= 15 is 0 Å². The lowest BCUT2D eigenvalue weighted by Crippen LogP contribution is -2.64. The van der Waals surface area contributed by atoms with Gasteiger partial charge in [0.25, 0.3) is 0 Å². The highest BCUT2D eigenvalue weighted by Crippen LogP contribution is 2.29. The maximum atomic E-state index is 12.7. The molecule has 0 bridgehead atoms. The smallest absolute Gasteiger partial charge is 0.240 e. The molecule has 4 nitrogen and oxygen atoms in total. The molecule has 0 aromatic carbocycles. The van der Waals surface area contributed by atoms with E-state index in [4.69, 9.17) is 4.74 Å². The van der Waals surface area contributed by atoms with Crippen LogP contribution in [0.5, 0.6) is 0 Å². The minimum absolute atomic E-state index is 0.0394. The van der Waals surface area contributed by atoms with Crippen molar-refractivity contribution in [1.82, 2.24) is 9.80 Å². The maximum absolute atomic E-state index is 12.7. The van der Waals surface area contributed by atoms with Crippen LogP contribution >= 0.6 is 0 Å². The maximum Gasteiger partial charge on any atom is 0.240 e. The van der Waals surface area contributed by atoms with Crippen molar-refractivity contribution in [1.29, 1.82) is 0 Å². The minimum Gasteiger partial charge on any atom is -0.375 e. The first kappa shape index (κ1) is 14.8. The number of likely N-dealkylation sites (tertiary alicyclic amines) is 1. The Bertz CT molecular complexity index is 341. The normalized spacial score (nSPS) is 32.9. The predicted octanol–water partition coefficient (Wildman–Crippen LogP) is 1.89. The van der Waals surface area contributed by atoms with Gasteiger partial charge in [0.15, 0.2) is 0 Å². The van der Waals surface area contributed by atoms with E-state index in [9.17, 15) is 4.79 Å². The molecule has 0 unspecified atom stereocenters. The molecule has 2 rings (SSSR count). The van der Waals surface area contributed by atoms with Crippen molar-refractivity contribution in [2.45, 2.75) is 71.2 Å². The summed E-state index contributed by atoms with van der Waals surface area (Å²) in [7, 11) is 0. The predicted molar refractivity (Wildman–Crippen MR) is 76.1 cm³/mol. The van der Waals surface area contributed by atoms with Crippen LogP contribution in [-0.4, -0.2) is 59.1 Å². The molecule has 19 heavy (non-hydrogen) atoms. The highest BCUT2D eigenvalue weighted by molar-refractivity contribution is 5.83. The summed E-state index contributed by atoms with van der Waals surface area (Å²) in [4.78, 5) is 17.1. The molecule has 0 N–H and O–H groups in total. The van der Waals surface area contributed by atoms with Crippen molar-refractivity contribution in [3.8, 4) is 0 Å². The quantitative estimate of drug-likeness (QED) is 0.766. The number of morpholine rings is 1. The summed E-state index contributed by atoms with van der Waals surface area (Å²) in [6, 6.07) is 0.342. The van der Waals surface area contributed by atoms with Crippen molar-refractivity contribution in [2.75, 3.05) is 19.7 Å². The first-order chi connectivity index (χ1) is 8.83. The molecule has 2 aliphatic heterocycles. The number of rotatable bonds is 2. The fourth-order valence-corrected chi connectivity index (χ4v) is 3.24. The lowest BCUT2D eigenvalue weighted by atomic mass is 9.93. The molecule has 0 aliphatic carbocycles. The molecule has 0 aromatic heterocycles. The third-order valence-corrected chi connectivity index (χ3v) is 4.40. The zero-order chi connectivity index (χ0) is 14.2. The van der Waals surface area contributed by atoms with Crippen LogP contribution in [0.1, 0.15) is 47.5 Å². The van der Waals surface area contributed by atoms with Gasteiger partial charge in [0, 0.05) is 24.7 Å². The van der Waals surface area contributed by atoms with Crippen molar-refractivity contribution in [2.24, 2.45) is 0 Å². The number of hydrogen-bond donors (Lipinski definition) is 0. The Labute approximate surface area is 117 Å². The topological polar surface area (TPSA) is 32.8 Å². The number of carbonyl (C=O) groups excluding carboxylic acids is 1. The molecule has 2 heterocycles. The van der Waals surface area contributed by atoms with E-state index in [0.717, 1.165) is 25.9 Å². The van der Waals surface area contributed by atoms with E-state index in [0.29, 0.717) is 18.6 Å². The molecule has 0 spiro atoms. The Hall–Kier alpha value is -0.610. The lowest BCUT2D eigenvalue weighted by molar-refractivity contribution is -0.156. The first-order valence-corrected chi connectivity index (χ1v) is 7.52.